The molecule has 4 aromatic heterocycles. The number of ether oxygens (including phenoxy) is 1. The number of aromatic nitrogens is 5. The summed E-state index contributed by atoms with van der Waals surface area (Å²) in [7, 11) is 0. The first-order valence-corrected chi connectivity index (χ1v) is 14.1. The van der Waals surface area contributed by atoms with Gasteiger partial charge in [0, 0.05) is 45.3 Å². The Bertz CT molecular complexity index is 2290. The predicted molar refractivity (Wildman–Crippen MR) is 167 cm³/mol. The minimum Gasteiger partial charge on any atom is -0.493 e. The number of rotatable bonds is 3. The standard InChI is InChI=1S/C36H23N5O/c1-2-7-24(8-3-1)35-39-32(25-13-12-22-18-20-42-30(22)21-25)28-16-14-23-15-17-31(38-33(23)34(28)40-35)41-29-11-5-4-9-26(29)27-10-6-19-37-36(27)41/h1-17,19,21H,18,20H2. The zero-order chi connectivity index (χ0) is 27.6. The van der Waals surface area contributed by atoms with Gasteiger partial charge >= 0.3 is 0 Å². The van der Waals surface area contributed by atoms with Crippen molar-refractivity contribution >= 4 is 43.7 Å². The minimum absolute atomic E-state index is 0.665. The molecule has 0 saturated carbocycles. The van der Waals surface area contributed by atoms with E-state index in [0.717, 1.165) is 78.6 Å². The Morgan fingerprint density at radius 1 is 0.643 bits per heavy atom. The summed E-state index contributed by atoms with van der Waals surface area (Å²) in [6.07, 6.45) is 2.77. The maximum Gasteiger partial charge on any atom is 0.160 e. The first-order chi connectivity index (χ1) is 20.8. The SMILES string of the molecule is c1ccc(-c2nc(-c3ccc4c(c3)OCC4)c3ccc4ccc(-n5c6ccccc6c6cccnc65)nc4c3n2)cc1. The molecule has 1 aliphatic heterocycles. The molecular formula is C36H23N5O. The Kier molecular flexibility index (Phi) is 4.92. The molecule has 198 valence electrons. The largest absolute Gasteiger partial charge is 0.493 e. The second kappa shape index (κ2) is 8.94. The molecule has 0 aliphatic carbocycles. The number of nitrogens with zero attached hydrogens (tertiary/aromatic N) is 5. The molecule has 42 heavy (non-hydrogen) atoms. The predicted octanol–water partition coefficient (Wildman–Crippen LogP) is 7.94. The van der Waals surface area contributed by atoms with Gasteiger partial charge < -0.3 is 4.74 Å². The topological polar surface area (TPSA) is 65.7 Å². The van der Waals surface area contributed by atoms with Gasteiger partial charge in [0.1, 0.15) is 22.7 Å². The molecule has 6 heteroatoms. The van der Waals surface area contributed by atoms with E-state index in [1.807, 2.05) is 42.6 Å². The lowest BCUT2D eigenvalue weighted by atomic mass is 10.0. The van der Waals surface area contributed by atoms with Gasteiger partial charge in [-0.25, -0.2) is 19.9 Å². The molecule has 0 N–H and O–H groups in total. The summed E-state index contributed by atoms with van der Waals surface area (Å²) < 4.78 is 8.06. The Labute approximate surface area is 240 Å². The van der Waals surface area contributed by atoms with E-state index in [1.54, 1.807) is 0 Å². The normalized spacial score (nSPS) is 12.8. The highest BCUT2D eigenvalue weighted by molar-refractivity contribution is 6.10. The number of hydrogen-bond donors (Lipinski definition) is 0. The molecule has 0 bridgehead atoms. The quantitative estimate of drug-likeness (QED) is 0.213. The lowest BCUT2D eigenvalue weighted by Gasteiger charge is -2.13. The molecule has 0 spiro atoms. The molecule has 0 radical (unpaired) electrons. The smallest absolute Gasteiger partial charge is 0.160 e. The molecule has 1 aliphatic rings. The highest BCUT2D eigenvalue weighted by Gasteiger charge is 2.19. The number of pyridine rings is 2. The van der Waals surface area contributed by atoms with Crippen LogP contribution >= 0.6 is 0 Å². The summed E-state index contributed by atoms with van der Waals surface area (Å²) in [6.45, 7) is 0.716. The molecule has 6 nitrogen and oxygen atoms in total. The Morgan fingerprint density at radius 3 is 2.45 bits per heavy atom. The highest BCUT2D eigenvalue weighted by atomic mass is 16.5. The van der Waals surface area contributed by atoms with Crippen molar-refractivity contribution in [1.82, 2.24) is 24.5 Å². The molecule has 0 unspecified atom stereocenters. The molecule has 5 heterocycles. The molecular weight excluding hydrogens is 518 g/mol. The van der Waals surface area contributed by atoms with Crippen LogP contribution in [-0.4, -0.2) is 31.1 Å². The van der Waals surface area contributed by atoms with Crippen molar-refractivity contribution in [2.45, 2.75) is 6.42 Å². The van der Waals surface area contributed by atoms with Crippen molar-refractivity contribution in [2.24, 2.45) is 0 Å². The lowest BCUT2D eigenvalue weighted by molar-refractivity contribution is 0.357. The van der Waals surface area contributed by atoms with E-state index in [4.69, 9.17) is 24.7 Å². The molecule has 0 amide bonds. The van der Waals surface area contributed by atoms with Crippen LogP contribution in [0.3, 0.4) is 0 Å². The number of benzene rings is 4. The Hall–Kier alpha value is -5.62. The molecule has 0 saturated heterocycles. The monoisotopic (exact) mass is 541 g/mol. The third-order valence-corrected chi connectivity index (χ3v) is 8.18. The van der Waals surface area contributed by atoms with Gasteiger partial charge in [0.25, 0.3) is 0 Å². The summed E-state index contributed by atoms with van der Waals surface area (Å²) in [6, 6.07) is 37.4. The first kappa shape index (κ1) is 23.1. The summed E-state index contributed by atoms with van der Waals surface area (Å²) in [5.41, 5.74) is 7.64. The van der Waals surface area contributed by atoms with Crippen molar-refractivity contribution in [3.05, 3.63) is 121 Å². The maximum atomic E-state index is 5.92. The van der Waals surface area contributed by atoms with Crippen molar-refractivity contribution < 1.29 is 4.74 Å². The molecule has 9 rings (SSSR count). The second-order valence-electron chi connectivity index (χ2n) is 10.6. The van der Waals surface area contributed by atoms with Crippen LogP contribution in [0.15, 0.2) is 115 Å². The summed E-state index contributed by atoms with van der Waals surface area (Å²) >= 11 is 0. The van der Waals surface area contributed by atoms with Crippen LogP contribution in [0.4, 0.5) is 0 Å². The van der Waals surface area contributed by atoms with Crippen molar-refractivity contribution in [3.8, 4) is 34.2 Å². The van der Waals surface area contributed by atoms with E-state index in [-0.39, 0.29) is 0 Å². The van der Waals surface area contributed by atoms with E-state index in [9.17, 15) is 0 Å². The lowest BCUT2D eigenvalue weighted by Crippen LogP contribution is -2.01. The average molecular weight is 542 g/mol. The van der Waals surface area contributed by atoms with Crippen molar-refractivity contribution in [1.29, 1.82) is 0 Å². The fraction of sp³-hybridized carbons (Fsp3) is 0.0556. The van der Waals surface area contributed by atoms with Gasteiger partial charge in [-0.05, 0) is 48.0 Å². The van der Waals surface area contributed by atoms with Crippen molar-refractivity contribution in [3.63, 3.8) is 0 Å². The van der Waals surface area contributed by atoms with Crippen LogP contribution < -0.4 is 4.74 Å². The molecule has 0 fully saturated rings. The van der Waals surface area contributed by atoms with Gasteiger partial charge in [0.2, 0.25) is 0 Å². The summed E-state index contributed by atoms with van der Waals surface area (Å²) in [4.78, 5) is 20.3. The fourth-order valence-electron chi connectivity index (χ4n) is 6.17. The summed E-state index contributed by atoms with van der Waals surface area (Å²) in [5, 5.41) is 4.21. The van der Waals surface area contributed by atoms with Crippen LogP contribution in [-0.2, 0) is 6.42 Å². The molecule has 0 atom stereocenters. The van der Waals surface area contributed by atoms with Gasteiger partial charge in [-0.3, -0.25) is 4.57 Å². The fourth-order valence-corrected chi connectivity index (χ4v) is 6.17. The zero-order valence-corrected chi connectivity index (χ0v) is 22.5. The van der Waals surface area contributed by atoms with Gasteiger partial charge in [0.15, 0.2) is 5.82 Å². The van der Waals surface area contributed by atoms with Crippen LogP contribution in [0.25, 0.3) is 72.2 Å². The maximum absolute atomic E-state index is 5.92. The number of para-hydroxylation sites is 1. The number of hydrogen-bond acceptors (Lipinski definition) is 5. The van der Waals surface area contributed by atoms with Gasteiger partial charge in [0.05, 0.1) is 23.3 Å². The second-order valence-corrected chi connectivity index (χ2v) is 10.6. The van der Waals surface area contributed by atoms with Crippen LogP contribution in [0.1, 0.15) is 5.56 Å². The van der Waals surface area contributed by atoms with E-state index >= 15 is 0 Å². The zero-order valence-electron chi connectivity index (χ0n) is 22.5. The third kappa shape index (κ3) is 3.45. The van der Waals surface area contributed by atoms with Crippen LogP contribution in [0.5, 0.6) is 5.75 Å². The van der Waals surface area contributed by atoms with E-state index in [0.29, 0.717) is 12.4 Å². The van der Waals surface area contributed by atoms with E-state index in [2.05, 4.69) is 77.4 Å². The Morgan fingerprint density at radius 2 is 1.50 bits per heavy atom. The average Bonchev–Trinajstić information content (AvgIpc) is 3.66. The Balaban J connectivity index is 1.35. The van der Waals surface area contributed by atoms with E-state index in [1.165, 1.54) is 5.56 Å². The highest BCUT2D eigenvalue weighted by Crippen LogP contribution is 2.37. The number of fused-ring (bicyclic) bond motifs is 7. The van der Waals surface area contributed by atoms with Crippen molar-refractivity contribution in [2.75, 3.05) is 6.61 Å². The minimum atomic E-state index is 0.665. The van der Waals surface area contributed by atoms with Gasteiger partial charge in [-0.1, -0.05) is 66.7 Å². The molecule has 4 aromatic carbocycles. The van der Waals surface area contributed by atoms with E-state index < -0.39 is 0 Å². The van der Waals surface area contributed by atoms with Gasteiger partial charge in [-0.15, -0.1) is 0 Å². The first-order valence-electron chi connectivity index (χ1n) is 14.1. The summed E-state index contributed by atoms with van der Waals surface area (Å²) in [5.74, 6) is 2.39. The third-order valence-electron chi connectivity index (χ3n) is 8.18. The van der Waals surface area contributed by atoms with Gasteiger partial charge in [-0.2, -0.15) is 0 Å². The van der Waals surface area contributed by atoms with Crippen LogP contribution in [0.2, 0.25) is 0 Å². The molecule has 8 aromatic rings. The van der Waals surface area contributed by atoms with Crippen LogP contribution in [0, 0.1) is 0 Å².